The van der Waals surface area contributed by atoms with Crippen LogP contribution in [0.25, 0.3) is 10.8 Å². The van der Waals surface area contributed by atoms with E-state index in [0.717, 1.165) is 26.9 Å². The predicted molar refractivity (Wildman–Crippen MR) is 105 cm³/mol. The third kappa shape index (κ3) is 2.77. The Balaban J connectivity index is 1.69. The molecule has 0 aliphatic carbocycles. The third-order valence-electron chi connectivity index (χ3n) is 5.00. The summed E-state index contributed by atoms with van der Waals surface area (Å²) in [4.78, 5) is 25.6. The van der Waals surface area contributed by atoms with Gasteiger partial charge >= 0.3 is 6.03 Å². The Morgan fingerprint density at radius 1 is 0.963 bits per heavy atom. The summed E-state index contributed by atoms with van der Waals surface area (Å²) in [6, 6.07) is 22.5. The molecule has 0 unspecified atom stereocenters. The summed E-state index contributed by atoms with van der Waals surface area (Å²) in [6.45, 7) is 1.88. The molecule has 0 bridgehead atoms. The van der Waals surface area contributed by atoms with Gasteiger partial charge in [-0.3, -0.25) is 4.79 Å². The summed E-state index contributed by atoms with van der Waals surface area (Å²) >= 11 is 0. The molecule has 134 valence electrons. The van der Waals surface area contributed by atoms with Crippen LogP contribution in [0.15, 0.2) is 77.9 Å². The van der Waals surface area contributed by atoms with E-state index in [1.165, 1.54) is 0 Å². The Hall–Kier alpha value is -3.47. The molecule has 4 rings (SSSR count). The standard InChI is InChI=1S/C22H19N3O2/c1-2-22(18-12-4-3-5-13-18)20(26)25(21(27)24-22)23-15-17-11-8-10-16-9-6-7-14-19(16)17/h3-15H,2H2,1H3,(H,24,27)/b23-15-/t22-/m1/s1. The van der Waals surface area contributed by atoms with Crippen molar-refractivity contribution in [3.63, 3.8) is 0 Å². The summed E-state index contributed by atoms with van der Waals surface area (Å²) in [7, 11) is 0. The van der Waals surface area contributed by atoms with Gasteiger partial charge < -0.3 is 5.32 Å². The van der Waals surface area contributed by atoms with E-state index in [0.29, 0.717) is 6.42 Å². The molecule has 1 heterocycles. The molecular weight excluding hydrogens is 338 g/mol. The molecule has 1 atom stereocenters. The highest BCUT2D eigenvalue weighted by molar-refractivity contribution is 6.08. The maximum Gasteiger partial charge on any atom is 0.346 e. The zero-order chi connectivity index (χ0) is 18.9. The molecule has 1 N–H and O–H groups in total. The van der Waals surface area contributed by atoms with Crippen LogP contribution < -0.4 is 5.32 Å². The van der Waals surface area contributed by atoms with Gasteiger partial charge in [0, 0.05) is 5.56 Å². The second-order valence-electron chi connectivity index (χ2n) is 6.48. The second-order valence-corrected chi connectivity index (χ2v) is 6.48. The highest BCUT2D eigenvalue weighted by Crippen LogP contribution is 2.32. The lowest BCUT2D eigenvalue weighted by Gasteiger charge is -2.24. The van der Waals surface area contributed by atoms with Crippen molar-refractivity contribution in [1.29, 1.82) is 0 Å². The molecular formula is C22H19N3O2. The highest BCUT2D eigenvalue weighted by atomic mass is 16.2. The van der Waals surface area contributed by atoms with E-state index in [1.807, 2.05) is 79.7 Å². The molecule has 0 aromatic heterocycles. The molecule has 0 spiro atoms. The Morgan fingerprint density at radius 2 is 1.67 bits per heavy atom. The van der Waals surface area contributed by atoms with E-state index in [4.69, 9.17) is 0 Å². The van der Waals surface area contributed by atoms with E-state index in [-0.39, 0.29) is 5.91 Å². The normalized spacial score (nSPS) is 19.8. The molecule has 0 saturated carbocycles. The van der Waals surface area contributed by atoms with Crippen molar-refractivity contribution >= 4 is 28.9 Å². The largest absolute Gasteiger partial charge is 0.346 e. The van der Waals surface area contributed by atoms with Gasteiger partial charge in [-0.05, 0) is 22.8 Å². The molecule has 1 aliphatic rings. The summed E-state index contributed by atoms with van der Waals surface area (Å²) in [6.07, 6.45) is 2.01. The van der Waals surface area contributed by atoms with Gasteiger partial charge in [-0.1, -0.05) is 79.7 Å². The lowest BCUT2D eigenvalue weighted by atomic mass is 9.87. The minimum absolute atomic E-state index is 0.363. The second kappa shape index (κ2) is 6.68. The number of hydrogen-bond donors (Lipinski definition) is 1. The van der Waals surface area contributed by atoms with Gasteiger partial charge in [-0.15, -0.1) is 5.01 Å². The highest BCUT2D eigenvalue weighted by Gasteiger charge is 2.51. The number of amides is 3. The molecule has 3 aromatic rings. The van der Waals surface area contributed by atoms with E-state index < -0.39 is 11.6 Å². The van der Waals surface area contributed by atoms with Gasteiger partial charge in [0.15, 0.2) is 0 Å². The van der Waals surface area contributed by atoms with Crippen molar-refractivity contribution in [3.8, 4) is 0 Å². The van der Waals surface area contributed by atoms with Crippen molar-refractivity contribution in [3.05, 3.63) is 83.9 Å². The van der Waals surface area contributed by atoms with Crippen LogP contribution in [0.3, 0.4) is 0 Å². The molecule has 1 aliphatic heterocycles. The number of benzene rings is 3. The first kappa shape index (κ1) is 17.0. The number of nitrogens with zero attached hydrogens (tertiary/aromatic N) is 2. The zero-order valence-corrected chi connectivity index (χ0v) is 14.9. The first-order valence-corrected chi connectivity index (χ1v) is 8.90. The lowest BCUT2D eigenvalue weighted by Crippen LogP contribution is -2.43. The number of imide groups is 1. The maximum absolute atomic E-state index is 13.1. The average Bonchev–Trinajstić information content (AvgIpc) is 2.97. The number of carbonyl (C=O) groups is 2. The fourth-order valence-electron chi connectivity index (χ4n) is 3.51. The number of carbonyl (C=O) groups excluding carboxylic acids is 2. The summed E-state index contributed by atoms with van der Waals surface area (Å²) < 4.78 is 0. The first-order chi connectivity index (χ1) is 13.2. The molecule has 1 saturated heterocycles. The predicted octanol–water partition coefficient (Wildman–Crippen LogP) is 4.03. The Bertz CT molecular complexity index is 1040. The molecule has 0 radical (unpaired) electrons. The quantitative estimate of drug-likeness (QED) is 0.566. The van der Waals surface area contributed by atoms with Crippen LogP contribution in [0.2, 0.25) is 0 Å². The Labute approximate surface area is 157 Å². The van der Waals surface area contributed by atoms with E-state index in [2.05, 4.69) is 10.4 Å². The van der Waals surface area contributed by atoms with Crippen molar-refractivity contribution in [1.82, 2.24) is 10.3 Å². The van der Waals surface area contributed by atoms with Crippen LogP contribution in [0.1, 0.15) is 24.5 Å². The number of fused-ring (bicyclic) bond motifs is 1. The SMILES string of the molecule is CC[C@]1(c2ccccc2)NC(=O)N(/N=C\c2cccc3ccccc23)C1=O. The molecule has 3 amide bonds. The third-order valence-corrected chi connectivity index (χ3v) is 5.00. The van der Waals surface area contributed by atoms with Crippen molar-refractivity contribution in [2.75, 3.05) is 0 Å². The van der Waals surface area contributed by atoms with Gasteiger partial charge in [0.25, 0.3) is 5.91 Å². The van der Waals surface area contributed by atoms with E-state index >= 15 is 0 Å². The fraction of sp³-hybridized carbons (Fsp3) is 0.136. The van der Waals surface area contributed by atoms with Crippen LogP contribution in [0.5, 0.6) is 0 Å². The van der Waals surface area contributed by atoms with Crippen LogP contribution in [0, 0.1) is 0 Å². The van der Waals surface area contributed by atoms with Crippen LogP contribution >= 0.6 is 0 Å². The average molecular weight is 357 g/mol. The topological polar surface area (TPSA) is 61.8 Å². The number of rotatable bonds is 4. The van der Waals surface area contributed by atoms with Crippen LogP contribution in [-0.2, 0) is 10.3 Å². The van der Waals surface area contributed by atoms with Gasteiger partial charge in [0.05, 0.1) is 6.21 Å². The van der Waals surface area contributed by atoms with Gasteiger partial charge in [-0.25, -0.2) is 4.79 Å². The smallest absolute Gasteiger partial charge is 0.318 e. The van der Waals surface area contributed by atoms with Crippen LogP contribution in [-0.4, -0.2) is 23.2 Å². The van der Waals surface area contributed by atoms with Gasteiger partial charge in [0.2, 0.25) is 0 Å². The summed E-state index contributed by atoms with van der Waals surface area (Å²) in [5.41, 5.74) is 0.533. The number of hydrogen-bond acceptors (Lipinski definition) is 3. The summed E-state index contributed by atoms with van der Waals surface area (Å²) in [5.74, 6) is -0.363. The van der Waals surface area contributed by atoms with Crippen molar-refractivity contribution < 1.29 is 9.59 Å². The lowest BCUT2D eigenvalue weighted by molar-refractivity contribution is -0.131. The number of nitrogens with one attached hydrogen (secondary N) is 1. The Kier molecular flexibility index (Phi) is 4.20. The van der Waals surface area contributed by atoms with Crippen molar-refractivity contribution in [2.45, 2.75) is 18.9 Å². The molecule has 1 fully saturated rings. The maximum atomic E-state index is 13.1. The van der Waals surface area contributed by atoms with Crippen molar-refractivity contribution in [2.24, 2.45) is 5.10 Å². The molecule has 5 nitrogen and oxygen atoms in total. The van der Waals surface area contributed by atoms with E-state index in [1.54, 1.807) is 6.21 Å². The number of hydrazone groups is 1. The molecule has 3 aromatic carbocycles. The monoisotopic (exact) mass is 357 g/mol. The summed E-state index contributed by atoms with van der Waals surface area (Å²) in [5, 5.41) is 10.1. The van der Waals surface area contributed by atoms with Gasteiger partial charge in [-0.2, -0.15) is 5.10 Å². The first-order valence-electron chi connectivity index (χ1n) is 8.90. The van der Waals surface area contributed by atoms with Crippen LogP contribution in [0.4, 0.5) is 4.79 Å². The fourth-order valence-corrected chi connectivity index (χ4v) is 3.51. The molecule has 27 heavy (non-hydrogen) atoms. The molecule has 5 heteroatoms. The van der Waals surface area contributed by atoms with E-state index in [9.17, 15) is 9.59 Å². The minimum Gasteiger partial charge on any atom is -0.318 e. The number of urea groups is 1. The minimum atomic E-state index is -1.07. The Morgan fingerprint density at radius 3 is 2.44 bits per heavy atom. The van der Waals surface area contributed by atoms with Gasteiger partial charge in [0.1, 0.15) is 5.54 Å². The zero-order valence-electron chi connectivity index (χ0n) is 14.9.